The number of methoxy groups -OCH3 is 1. The molecule has 2 amide bonds. The number of carbonyl (C=O) groups excluding carboxylic acids is 3. The third kappa shape index (κ3) is 14.1. The van der Waals surface area contributed by atoms with E-state index in [9.17, 15) is 22.8 Å². The molecule has 0 saturated heterocycles. The minimum atomic E-state index is -3.35. The van der Waals surface area contributed by atoms with E-state index in [0.717, 1.165) is 19.3 Å². The van der Waals surface area contributed by atoms with E-state index in [4.69, 9.17) is 4.74 Å². The lowest BCUT2D eigenvalue weighted by atomic mass is 9.87. The van der Waals surface area contributed by atoms with Crippen LogP contribution in [0.5, 0.6) is 0 Å². The number of ketones is 1. The van der Waals surface area contributed by atoms with E-state index in [0.29, 0.717) is 17.8 Å². The number of hydrogen-bond donors (Lipinski definition) is 2. The van der Waals surface area contributed by atoms with Crippen LogP contribution in [0.25, 0.3) is 0 Å². The molecule has 0 heterocycles. The number of sulfone groups is 1. The highest BCUT2D eigenvalue weighted by Gasteiger charge is 2.34. The van der Waals surface area contributed by atoms with Crippen molar-refractivity contribution in [1.82, 2.24) is 0 Å². The second-order valence-corrected chi connectivity index (χ2v) is 13.7. The fraction of sp³-hybridized carbons (Fsp3) is 0.700. The van der Waals surface area contributed by atoms with Crippen molar-refractivity contribution < 1.29 is 27.5 Å². The molecule has 39 heavy (non-hydrogen) atoms. The summed E-state index contributed by atoms with van der Waals surface area (Å²) in [6.45, 7) is 8.94. The van der Waals surface area contributed by atoms with E-state index in [1.807, 2.05) is 0 Å². The van der Waals surface area contributed by atoms with Crippen LogP contribution in [-0.4, -0.2) is 50.7 Å². The van der Waals surface area contributed by atoms with E-state index < -0.39 is 39.1 Å². The van der Waals surface area contributed by atoms with Crippen molar-refractivity contribution in [3.63, 3.8) is 0 Å². The third-order valence-corrected chi connectivity index (χ3v) is 8.53. The molecular weight excluding hydrogens is 516 g/mol. The van der Waals surface area contributed by atoms with Crippen LogP contribution in [0.4, 0.5) is 11.4 Å². The highest BCUT2D eigenvalue weighted by Crippen LogP contribution is 2.21. The van der Waals surface area contributed by atoms with Gasteiger partial charge in [-0.2, -0.15) is 0 Å². The topological polar surface area (TPSA) is 119 Å². The Morgan fingerprint density at radius 1 is 0.846 bits per heavy atom. The van der Waals surface area contributed by atoms with E-state index in [1.165, 1.54) is 45.6 Å². The van der Waals surface area contributed by atoms with Crippen molar-refractivity contribution in [2.75, 3.05) is 29.2 Å². The van der Waals surface area contributed by atoms with E-state index in [1.54, 1.807) is 52.0 Å². The van der Waals surface area contributed by atoms with Gasteiger partial charge in [0, 0.05) is 29.8 Å². The number of Topliss-reactive ketones (excluding diaryl/α,β-unsaturated/α-hetero) is 1. The molecule has 1 aromatic rings. The minimum absolute atomic E-state index is 0.0938. The van der Waals surface area contributed by atoms with E-state index in [2.05, 4.69) is 17.6 Å². The van der Waals surface area contributed by atoms with Crippen LogP contribution >= 0.6 is 0 Å². The van der Waals surface area contributed by atoms with Crippen LogP contribution in [0.1, 0.15) is 98.8 Å². The summed E-state index contributed by atoms with van der Waals surface area (Å²) < 4.78 is 30.2. The van der Waals surface area contributed by atoms with Gasteiger partial charge in [-0.3, -0.25) is 14.4 Å². The molecule has 0 aromatic heterocycles. The first-order valence-electron chi connectivity index (χ1n) is 14.3. The van der Waals surface area contributed by atoms with Crippen LogP contribution in [0.3, 0.4) is 0 Å². The number of hydrogen-bond acceptors (Lipinski definition) is 6. The molecule has 0 bridgehead atoms. The summed E-state index contributed by atoms with van der Waals surface area (Å²) in [6, 6.07) is 6.47. The maximum Gasteiger partial charge on any atom is 0.261 e. The number of rotatable bonds is 19. The lowest BCUT2D eigenvalue weighted by molar-refractivity contribution is -0.144. The highest BCUT2D eigenvalue weighted by atomic mass is 32.2. The van der Waals surface area contributed by atoms with Gasteiger partial charge in [-0.1, -0.05) is 98.5 Å². The van der Waals surface area contributed by atoms with E-state index >= 15 is 0 Å². The van der Waals surface area contributed by atoms with Crippen LogP contribution in [-0.2, 0) is 29.0 Å². The van der Waals surface area contributed by atoms with Crippen LogP contribution in [0, 0.1) is 11.3 Å². The second-order valence-electron chi connectivity index (χ2n) is 11.5. The molecule has 8 nitrogen and oxygen atoms in total. The second kappa shape index (κ2) is 17.4. The van der Waals surface area contributed by atoms with E-state index in [-0.39, 0.29) is 17.3 Å². The average Bonchev–Trinajstić information content (AvgIpc) is 2.84. The molecular formula is C30H50N2O6S. The monoisotopic (exact) mass is 566 g/mol. The Kier molecular flexibility index (Phi) is 15.5. The molecule has 0 aliphatic heterocycles. The first-order valence-corrected chi connectivity index (χ1v) is 16.1. The number of carbonyl (C=O) groups is 3. The zero-order chi connectivity index (χ0) is 29.5. The predicted octanol–water partition coefficient (Wildman–Crippen LogP) is 6.17. The van der Waals surface area contributed by atoms with Gasteiger partial charge in [0.2, 0.25) is 5.91 Å². The Hall–Kier alpha value is -2.26. The molecule has 1 rings (SSSR count). The normalized spacial score (nSPS) is 13.5. The molecule has 222 valence electrons. The number of nitrogens with one attached hydrogen (secondary N) is 2. The molecule has 0 radical (unpaired) electrons. The standard InChI is InChI=1S/C30H50N2O6S/c1-7-8-9-10-11-12-13-14-15-16-20-39(36,37)22-23(2)28(34)31-24-18-17-19-25(21-24)32-29(35)26(38-6)27(33)30(3,4)5/h17-19,21,23,26H,7-16,20,22H2,1-6H3,(H,31,34)(H,32,35). The molecule has 0 aliphatic carbocycles. The number of anilines is 2. The Bertz CT molecular complexity index is 1020. The minimum Gasteiger partial charge on any atom is -0.364 e. The number of benzene rings is 1. The van der Waals surface area contributed by atoms with Crippen molar-refractivity contribution >= 4 is 38.8 Å². The zero-order valence-electron chi connectivity index (χ0n) is 24.8. The molecule has 0 fully saturated rings. The van der Waals surface area contributed by atoms with Gasteiger partial charge in [0.1, 0.15) is 0 Å². The van der Waals surface area contributed by atoms with Crippen molar-refractivity contribution in [2.24, 2.45) is 11.3 Å². The largest absolute Gasteiger partial charge is 0.364 e. The first kappa shape index (κ1) is 34.8. The van der Waals surface area contributed by atoms with Crippen molar-refractivity contribution in [3.05, 3.63) is 24.3 Å². The Balaban J connectivity index is 2.51. The van der Waals surface area contributed by atoms with Gasteiger partial charge in [-0.25, -0.2) is 8.42 Å². The summed E-state index contributed by atoms with van der Waals surface area (Å²) >= 11 is 0. The molecule has 9 heteroatoms. The van der Waals surface area contributed by atoms with Gasteiger partial charge in [0.05, 0.1) is 11.5 Å². The summed E-state index contributed by atoms with van der Waals surface area (Å²) in [5.74, 6) is -2.21. The number of unbranched alkanes of at least 4 members (excludes halogenated alkanes) is 9. The van der Waals surface area contributed by atoms with Crippen LogP contribution in [0.2, 0.25) is 0 Å². The fourth-order valence-corrected chi connectivity index (χ4v) is 5.95. The third-order valence-electron chi connectivity index (χ3n) is 6.61. The molecule has 1 aromatic carbocycles. The highest BCUT2D eigenvalue weighted by molar-refractivity contribution is 7.91. The smallest absolute Gasteiger partial charge is 0.261 e. The van der Waals surface area contributed by atoms with Gasteiger partial charge in [-0.05, 0) is 24.6 Å². The summed E-state index contributed by atoms with van der Waals surface area (Å²) in [5.41, 5.74) is 0.0355. The van der Waals surface area contributed by atoms with Crippen molar-refractivity contribution in [2.45, 2.75) is 105 Å². The Morgan fingerprint density at radius 2 is 1.33 bits per heavy atom. The fourth-order valence-electron chi connectivity index (χ4n) is 4.22. The molecule has 2 N–H and O–H groups in total. The van der Waals surface area contributed by atoms with Crippen LogP contribution < -0.4 is 10.6 Å². The number of amides is 2. The van der Waals surface area contributed by atoms with Gasteiger partial charge < -0.3 is 15.4 Å². The average molecular weight is 567 g/mol. The Morgan fingerprint density at radius 3 is 1.82 bits per heavy atom. The molecule has 0 spiro atoms. The molecule has 2 unspecified atom stereocenters. The van der Waals surface area contributed by atoms with Gasteiger partial charge in [0.25, 0.3) is 5.91 Å². The van der Waals surface area contributed by atoms with Crippen molar-refractivity contribution in [1.29, 1.82) is 0 Å². The molecule has 0 aliphatic rings. The lowest BCUT2D eigenvalue weighted by Crippen LogP contribution is -2.42. The van der Waals surface area contributed by atoms with Gasteiger partial charge in [-0.15, -0.1) is 0 Å². The quantitative estimate of drug-likeness (QED) is 0.153. The first-order chi connectivity index (χ1) is 18.3. The van der Waals surface area contributed by atoms with Gasteiger partial charge in [0.15, 0.2) is 21.7 Å². The van der Waals surface area contributed by atoms with Crippen molar-refractivity contribution in [3.8, 4) is 0 Å². The lowest BCUT2D eigenvalue weighted by Gasteiger charge is -2.23. The SMILES string of the molecule is CCCCCCCCCCCCS(=O)(=O)CC(C)C(=O)Nc1cccc(NC(=O)C(OC)C(=O)C(C)(C)C)c1. The summed E-state index contributed by atoms with van der Waals surface area (Å²) in [7, 11) is -2.04. The predicted molar refractivity (Wildman–Crippen MR) is 159 cm³/mol. The summed E-state index contributed by atoms with van der Waals surface area (Å²) in [4.78, 5) is 37.8. The maximum atomic E-state index is 12.7. The number of ether oxygens (including phenoxy) is 1. The summed E-state index contributed by atoms with van der Waals surface area (Å²) in [6.07, 6.45) is 10.0. The zero-order valence-corrected chi connectivity index (χ0v) is 25.6. The molecule has 2 atom stereocenters. The maximum absolute atomic E-state index is 12.7. The van der Waals surface area contributed by atoms with Gasteiger partial charge >= 0.3 is 0 Å². The summed E-state index contributed by atoms with van der Waals surface area (Å²) in [5, 5.41) is 5.37. The van der Waals surface area contributed by atoms with Crippen LogP contribution in [0.15, 0.2) is 24.3 Å². The molecule has 0 saturated carbocycles. The Labute approximate surface area is 236 Å².